The number of carbonyl (C=O) groups is 2. The van der Waals surface area contributed by atoms with Crippen molar-refractivity contribution in [2.45, 2.75) is 26.3 Å². The summed E-state index contributed by atoms with van der Waals surface area (Å²) < 4.78 is 13.7. The van der Waals surface area contributed by atoms with Crippen molar-refractivity contribution in [3.8, 4) is 6.07 Å². The number of nitriles is 1. The van der Waals surface area contributed by atoms with Crippen LogP contribution in [0.3, 0.4) is 0 Å². The number of amides is 2. The van der Waals surface area contributed by atoms with E-state index in [1.165, 1.54) is 13.1 Å². The molecule has 0 aliphatic carbocycles. The molecular weight excluding hydrogens is 261 g/mol. The van der Waals surface area contributed by atoms with E-state index >= 15 is 0 Å². The van der Waals surface area contributed by atoms with Crippen LogP contribution >= 0.6 is 0 Å². The molecule has 1 unspecified atom stereocenters. The highest BCUT2D eigenvalue weighted by molar-refractivity contribution is 6.39. The van der Waals surface area contributed by atoms with Gasteiger partial charge in [0.1, 0.15) is 5.82 Å². The fourth-order valence-corrected chi connectivity index (χ4v) is 1.55. The molecule has 1 atom stereocenters. The standard InChI is InChI=1S/C14H16FN3O2/c1-9-5-4-6-11(12(9)15)17-13(19)14(20)18(3)10(2)7-8-16/h4-6,10H,7H2,1-3H3,(H,17,19). The SMILES string of the molecule is Cc1cccc(NC(=O)C(=O)N(C)C(C)CC#N)c1F. The van der Waals surface area contributed by atoms with Crippen molar-refractivity contribution in [2.75, 3.05) is 12.4 Å². The number of aryl methyl sites for hydroxylation is 1. The van der Waals surface area contributed by atoms with E-state index in [0.717, 1.165) is 4.90 Å². The van der Waals surface area contributed by atoms with Gasteiger partial charge in [0.25, 0.3) is 0 Å². The fourth-order valence-electron chi connectivity index (χ4n) is 1.55. The van der Waals surface area contributed by atoms with E-state index in [4.69, 9.17) is 5.26 Å². The second kappa shape index (κ2) is 6.66. The number of halogens is 1. The van der Waals surface area contributed by atoms with E-state index in [1.54, 1.807) is 26.0 Å². The Hall–Kier alpha value is -2.42. The van der Waals surface area contributed by atoms with Crippen LogP contribution in [0, 0.1) is 24.1 Å². The van der Waals surface area contributed by atoms with Crippen molar-refractivity contribution in [2.24, 2.45) is 0 Å². The number of benzene rings is 1. The van der Waals surface area contributed by atoms with E-state index in [9.17, 15) is 14.0 Å². The number of likely N-dealkylation sites (N-methyl/N-ethyl adjacent to an activating group) is 1. The van der Waals surface area contributed by atoms with Crippen molar-refractivity contribution < 1.29 is 14.0 Å². The Labute approximate surface area is 117 Å². The van der Waals surface area contributed by atoms with Crippen molar-refractivity contribution in [3.05, 3.63) is 29.6 Å². The van der Waals surface area contributed by atoms with Gasteiger partial charge in [0, 0.05) is 13.1 Å². The maximum Gasteiger partial charge on any atom is 0.313 e. The minimum absolute atomic E-state index is 0.0373. The topological polar surface area (TPSA) is 73.2 Å². The average Bonchev–Trinajstić information content (AvgIpc) is 2.42. The molecular formula is C14H16FN3O2. The van der Waals surface area contributed by atoms with Gasteiger partial charge in [-0.2, -0.15) is 5.26 Å². The highest BCUT2D eigenvalue weighted by Crippen LogP contribution is 2.17. The van der Waals surface area contributed by atoms with Gasteiger partial charge in [-0.05, 0) is 25.5 Å². The van der Waals surface area contributed by atoms with Crippen LogP contribution in [-0.2, 0) is 9.59 Å². The molecule has 0 fully saturated rings. The van der Waals surface area contributed by atoms with Gasteiger partial charge in [-0.3, -0.25) is 9.59 Å². The van der Waals surface area contributed by atoms with E-state index in [2.05, 4.69) is 5.32 Å². The highest BCUT2D eigenvalue weighted by atomic mass is 19.1. The van der Waals surface area contributed by atoms with E-state index in [1.807, 2.05) is 6.07 Å². The van der Waals surface area contributed by atoms with Crippen LogP contribution in [0.1, 0.15) is 18.9 Å². The van der Waals surface area contributed by atoms with E-state index in [-0.39, 0.29) is 18.2 Å². The summed E-state index contributed by atoms with van der Waals surface area (Å²) in [4.78, 5) is 24.8. The van der Waals surface area contributed by atoms with Gasteiger partial charge in [0.2, 0.25) is 0 Å². The fraction of sp³-hybridized carbons (Fsp3) is 0.357. The molecule has 0 saturated heterocycles. The molecule has 20 heavy (non-hydrogen) atoms. The smallest absolute Gasteiger partial charge is 0.313 e. The lowest BCUT2D eigenvalue weighted by atomic mass is 10.2. The molecule has 0 bridgehead atoms. The molecule has 0 aromatic heterocycles. The maximum absolute atomic E-state index is 13.7. The zero-order valence-electron chi connectivity index (χ0n) is 11.6. The van der Waals surface area contributed by atoms with Crippen LogP contribution in [0.25, 0.3) is 0 Å². The van der Waals surface area contributed by atoms with Crippen molar-refractivity contribution in [3.63, 3.8) is 0 Å². The molecule has 0 heterocycles. The molecule has 0 aliphatic rings. The van der Waals surface area contributed by atoms with Gasteiger partial charge in [-0.25, -0.2) is 4.39 Å². The van der Waals surface area contributed by atoms with Crippen molar-refractivity contribution in [1.82, 2.24) is 4.90 Å². The molecule has 0 saturated carbocycles. The summed E-state index contributed by atoms with van der Waals surface area (Å²) in [6.07, 6.45) is 0.119. The third-order valence-corrected chi connectivity index (χ3v) is 3.00. The maximum atomic E-state index is 13.7. The molecule has 6 heteroatoms. The first-order chi connectivity index (χ1) is 9.38. The summed E-state index contributed by atoms with van der Waals surface area (Å²) in [6.45, 7) is 3.22. The minimum atomic E-state index is -0.929. The number of carbonyl (C=O) groups excluding carboxylic acids is 2. The summed E-state index contributed by atoms with van der Waals surface area (Å²) in [6, 6.07) is 6.06. The monoisotopic (exact) mass is 277 g/mol. The van der Waals surface area contributed by atoms with Crippen LogP contribution in [0.5, 0.6) is 0 Å². The van der Waals surface area contributed by atoms with Gasteiger partial charge in [-0.15, -0.1) is 0 Å². The van der Waals surface area contributed by atoms with E-state index < -0.39 is 17.6 Å². The first-order valence-corrected chi connectivity index (χ1v) is 6.08. The third kappa shape index (κ3) is 3.54. The molecule has 0 aliphatic heterocycles. The van der Waals surface area contributed by atoms with Crippen LogP contribution in [0.15, 0.2) is 18.2 Å². The Morgan fingerprint density at radius 1 is 1.50 bits per heavy atom. The second-order valence-electron chi connectivity index (χ2n) is 4.52. The molecule has 0 spiro atoms. The summed E-state index contributed by atoms with van der Waals surface area (Å²) in [5.41, 5.74) is 0.339. The number of hydrogen-bond donors (Lipinski definition) is 1. The number of hydrogen-bond acceptors (Lipinski definition) is 3. The summed E-state index contributed by atoms with van der Waals surface area (Å²) in [5, 5.41) is 10.8. The third-order valence-electron chi connectivity index (χ3n) is 3.00. The molecule has 106 valence electrons. The zero-order chi connectivity index (χ0) is 15.3. The zero-order valence-corrected chi connectivity index (χ0v) is 11.6. The lowest BCUT2D eigenvalue weighted by Gasteiger charge is -2.22. The van der Waals surface area contributed by atoms with Crippen LogP contribution < -0.4 is 5.32 Å². The Morgan fingerprint density at radius 3 is 2.75 bits per heavy atom. The molecule has 2 amide bonds. The van der Waals surface area contributed by atoms with Crippen molar-refractivity contribution >= 4 is 17.5 Å². The Bertz CT molecular complexity index is 566. The second-order valence-corrected chi connectivity index (χ2v) is 4.52. The first kappa shape index (κ1) is 15.6. The molecule has 0 radical (unpaired) electrons. The Balaban J connectivity index is 2.79. The number of anilines is 1. The molecule has 1 rings (SSSR count). The Kier molecular flexibility index (Phi) is 5.21. The first-order valence-electron chi connectivity index (χ1n) is 6.08. The summed E-state index contributed by atoms with van der Waals surface area (Å²) >= 11 is 0. The lowest BCUT2D eigenvalue weighted by molar-refractivity contribution is -0.143. The molecule has 1 N–H and O–H groups in total. The van der Waals surface area contributed by atoms with Crippen LogP contribution in [-0.4, -0.2) is 29.8 Å². The van der Waals surface area contributed by atoms with Gasteiger partial charge in [0.05, 0.1) is 18.2 Å². The van der Waals surface area contributed by atoms with Gasteiger partial charge in [-0.1, -0.05) is 12.1 Å². The number of nitrogens with zero attached hydrogens (tertiary/aromatic N) is 2. The quantitative estimate of drug-likeness (QED) is 0.857. The summed E-state index contributed by atoms with van der Waals surface area (Å²) in [5.74, 6) is -2.31. The summed E-state index contributed by atoms with van der Waals surface area (Å²) in [7, 11) is 1.43. The lowest BCUT2D eigenvalue weighted by Crippen LogP contribution is -2.42. The largest absolute Gasteiger partial charge is 0.334 e. The highest BCUT2D eigenvalue weighted by Gasteiger charge is 2.23. The van der Waals surface area contributed by atoms with E-state index in [0.29, 0.717) is 5.56 Å². The predicted octanol–water partition coefficient (Wildman–Crippen LogP) is 1.83. The molecule has 1 aromatic carbocycles. The minimum Gasteiger partial charge on any atom is -0.334 e. The predicted molar refractivity (Wildman–Crippen MR) is 72.2 cm³/mol. The normalized spacial score (nSPS) is 11.3. The van der Waals surface area contributed by atoms with Crippen molar-refractivity contribution in [1.29, 1.82) is 5.26 Å². The number of nitrogens with one attached hydrogen (secondary N) is 1. The Morgan fingerprint density at radius 2 is 2.15 bits per heavy atom. The average molecular weight is 277 g/mol. The molecule has 5 nitrogen and oxygen atoms in total. The van der Waals surface area contributed by atoms with Gasteiger partial charge in [0.15, 0.2) is 0 Å². The van der Waals surface area contributed by atoms with Crippen LogP contribution in [0.2, 0.25) is 0 Å². The van der Waals surface area contributed by atoms with Crippen LogP contribution in [0.4, 0.5) is 10.1 Å². The molecule has 1 aromatic rings. The number of rotatable bonds is 3. The van der Waals surface area contributed by atoms with Gasteiger partial charge >= 0.3 is 11.8 Å². The van der Waals surface area contributed by atoms with Gasteiger partial charge < -0.3 is 10.2 Å².